The van der Waals surface area contributed by atoms with Crippen molar-refractivity contribution in [2.75, 3.05) is 46.9 Å². The summed E-state index contributed by atoms with van der Waals surface area (Å²) >= 11 is 0. The van der Waals surface area contributed by atoms with Gasteiger partial charge in [-0.25, -0.2) is 0 Å². The van der Waals surface area contributed by atoms with Crippen LogP contribution >= 0.6 is 0 Å². The van der Waals surface area contributed by atoms with Crippen LogP contribution in [0.1, 0.15) is 12.0 Å². The van der Waals surface area contributed by atoms with Crippen molar-refractivity contribution in [3.63, 3.8) is 0 Å². The molecule has 0 aromatic heterocycles. The van der Waals surface area contributed by atoms with Gasteiger partial charge in [0.05, 0.1) is 6.61 Å². The molecule has 0 saturated heterocycles. The molecule has 3 heteroatoms. The first-order valence-corrected chi connectivity index (χ1v) is 6.76. The van der Waals surface area contributed by atoms with E-state index in [0.717, 1.165) is 45.7 Å². The predicted molar refractivity (Wildman–Crippen MR) is 77.0 cm³/mol. The fraction of sp³-hybridized carbons (Fsp3) is 0.600. The Morgan fingerprint density at radius 3 is 2.56 bits per heavy atom. The van der Waals surface area contributed by atoms with Crippen LogP contribution in [-0.2, 0) is 11.2 Å². The molecule has 0 atom stereocenters. The zero-order chi connectivity index (χ0) is 13.1. The molecule has 3 nitrogen and oxygen atoms in total. The third-order valence-electron chi connectivity index (χ3n) is 2.76. The van der Waals surface area contributed by atoms with Crippen molar-refractivity contribution in [1.82, 2.24) is 10.2 Å². The lowest BCUT2D eigenvalue weighted by atomic mass is 10.1. The fourth-order valence-electron chi connectivity index (χ4n) is 1.70. The topological polar surface area (TPSA) is 24.5 Å². The Labute approximate surface area is 111 Å². The highest BCUT2D eigenvalue weighted by molar-refractivity contribution is 5.14. The lowest BCUT2D eigenvalue weighted by molar-refractivity contribution is 0.133. The number of rotatable bonds is 10. The molecule has 18 heavy (non-hydrogen) atoms. The van der Waals surface area contributed by atoms with Gasteiger partial charge < -0.3 is 15.0 Å². The van der Waals surface area contributed by atoms with Gasteiger partial charge in [0.1, 0.15) is 0 Å². The van der Waals surface area contributed by atoms with E-state index in [-0.39, 0.29) is 0 Å². The fourth-order valence-corrected chi connectivity index (χ4v) is 1.70. The normalized spacial score (nSPS) is 11.1. The predicted octanol–water partition coefficient (Wildman–Crippen LogP) is 1.79. The quantitative estimate of drug-likeness (QED) is 0.641. The van der Waals surface area contributed by atoms with Crippen LogP contribution in [-0.4, -0.2) is 51.8 Å². The number of benzene rings is 1. The minimum atomic E-state index is 0.808. The molecule has 1 aromatic carbocycles. The van der Waals surface area contributed by atoms with E-state index in [1.54, 1.807) is 0 Å². The van der Waals surface area contributed by atoms with Crippen LogP contribution in [0.5, 0.6) is 0 Å². The number of likely N-dealkylation sites (N-methyl/N-ethyl adjacent to an activating group) is 1. The van der Waals surface area contributed by atoms with E-state index in [1.165, 1.54) is 5.56 Å². The summed E-state index contributed by atoms with van der Waals surface area (Å²) in [4.78, 5) is 2.17. The lowest BCUT2D eigenvalue weighted by Crippen LogP contribution is -2.29. The number of hydrogen-bond donors (Lipinski definition) is 1. The van der Waals surface area contributed by atoms with Crippen LogP contribution < -0.4 is 5.32 Å². The second-order valence-electron chi connectivity index (χ2n) is 4.75. The van der Waals surface area contributed by atoms with E-state index in [1.807, 2.05) is 0 Å². The molecule has 102 valence electrons. The van der Waals surface area contributed by atoms with E-state index in [0.29, 0.717) is 0 Å². The molecule has 0 fully saturated rings. The van der Waals surface area contributed by atoms with Crippen molar-refractivity contribution in [2.45, 2.75) is 12.8 Å². The van der Waals surface area contributed by atoms with Crippen molar-refractivity contribution in [2.24, 2.45) is 0 Å². The summed E-state index contributed by atoms with van der Waals surface area (Å²) in [6, 6.07) is 10.6. The van der Waals surface area contributed by atoms with Crippen LogP contribution in [0.3, 0.4) is 0 Å². The maximum atomic E-state index is 5.59. The number of nitrogens with zero attached hydrogens (tertiary/aromatic N) is 1. The second-order valence-corrected chi connectivity index (χ2v) is 4.75. The van der Waals surface area contributed by atoms with Crippen molar-refractivity contribution in [1.29, 1.82) is 0 Å². The van der Waals surface area contributed by atoms with E-state index in [9.17, 15) is 0 Å². The molecular weight excluding hydrogens is 224 g/mol. The molecular formula is C15H26N2O. The van der Waals surface area contributed by atoms with Gasteiger partial charge in [0, 0.05) is 26.2 Å². The summed E-state index contributed by atoms with van der Waals surface area (Å²) in [5, 5.41) is 3.36. The van der Waals surface area contributed by atoms with Crippen molar-refractivity contribution >= 4 is 0 Å². The molecule has 0 spiro atoms. The van der Waals surface area contributed by atoms with Gasteiger partial charge in [-0.1, -0.05) is 30.3 Å². The standard InChI is InChI=1S/C15H26N2O/c1-17(2)12-10-16-11-14-18-13-6-9-15-7-4-3-5-8-15/h3-5,7-8,16H,6,9-14H2,1-2H3. The Morgan fingerprint density at radius 1 is 1.06 bits per heavy atom. The third-order valence-corrected chi connectivity index (χ3v) is 2.76. The Bertz CT molecular complexity index is 288. The average molecular weight is 250 g/mol. The van der Waals surface area contributed by atoms with Gasteiger partial charge in [-0.05, 0) is 32.5 Å². The molecule has 0 saturated carbocycles. The first kappa shape index (κ1) is 15.2. The summed E-state index contributed by atoms with van der Waals surface area (Å²) in [6.45, 7) is 4.71. The SMILES string of the molecule is CN(C)CCNCCOCCCc1ccccc1. The summed E-state index contributed by atoms with van der Waals surface area (Å²) in [6.07, 6.45) is 2.20. The number of hydrogen-bond acceptors (Lipinski definition) is 3. The molecule has 1 rings (SSSR count). The van der Waals surface area contributed by atoms with Crippen molar-refractivity contribution < 1.29 is 4.74 Å². The van der Waals surface area contributed by atoms with Crippen molar-refractivity contribution in [3.05, 3.63) is 35.9 Å². The minimum absolute atomic E-state index is 0.808. The van der Waals surface area contributed by atoms with Gasteiger partial charge in [-0.15, -0.1) is 0 Å². The van der Waals surface area contributed by atoms with Gasteiger partial charge in [0.15, 0.2) is 0 Å². The second kappa shape index (κ2) is 10.1. The monoisotopic (exact) mass is 250 g/mol. The molecule has 0 bridgehead atoms. The highest BCUT2D eigenvalue weighted by Crippen LogP contribution is 2.01. The summed E-state index contributed by atoms with van der Waals surface area (Å²) < 4.78 is 5.59. The van der Waals surface area contributed by atoms with Gasteiger partial charge in [-0.3, -0.25) is 0 Å². The van der Waals surface area contributed by atoms with Crippen molar-refractivity contribution in [3.8, 4) is 0 Å². The Balaban J connectivity index is 1.84. The van der Waals surface area contributed by atoms with Gasteiger partial charge >= 0.3 is 0 Å². The first-order chi connectivity index (χ1) is 8.79. The molecule has 0 radical (unpaired) electrons. The highest BCUT2D eigenvalue weighted by atomic mass is 16.5. The van der Waals surface area contributed by atoms with Gasteiger partial charge in [0.2, 0.25) is 0 Å². The first-order valence-electron chi connectivity index (χ1n) is 6.76. The Hall–Kier alpha value is -0.900. The highest BCUT2D eigenvalue weighted by Gasteiger charge is 1.93. The largest absolute Gasteiger partial charge is 0.380 e. The van der Waals surface area contributed by atoms with E-state index >= 15 is 0 Å². The van der Waals surface area contributed by atoms with Crippen LogP contribution in [0.2, 0.25) is 0 Å². The maximum absolute atomic E-state index is 5.59. The third kappa shape index (κ3) is 8.23. The molecule has 1 N–H and O–H groups in total. The molecule has 0 aliphatic heterocycles. The molecule has 0 heterocycles. The zero-order valence-electron chi connectivity index (χ0n) is 11.7. The van der Waals surface area contributed by atoms with E-state index in [2.05, 4.69) is 54.6 Å². The number of aryl methyl sites for hydroxylation is 1. The molecule has 0 unspecified atom stereocenters. The van der Waals surface area contributed by atoms with E-state index < -0.39 is 0 Å². The molecule has 0 aliphatic rings. The van der Waals surface area contributed by atoms with E-state index in [4.69, 9.17) is 4.74 Å². The summed E-state index contributed by atoms with van der Waals surface area (Å²) in [7, 11) is 4.17. The van der Waals surface area contributed by atoms with Crippen LogP contribution in [0.15, 0.2) is 30.3 Å². The minimum Gasteiger partial charge on any atom is -0.380 e. The van der Waals surface area contributed by atoms with Gasteiger partial charge in [0.25, 0.3) is 0 Å². The van der Waals surface area contributed by atoms with Gasteiger partial charge in [-0.2, -0.15) is 0 Å². The van der Waals surface area contributed by atoms with Crippen LogP contribution in [0.25, 0.3) is 0 Å². The Morgan fingerprint density at radius 2 is 1.83 bits per heavy atom. The van der Waals surface area contributed by atoms with Crippen LogP contribution in [0.4, 0.5) is 0 Å². The number of nitrogens with one attached hydrogen (secondary N) is 1. The van der Waals surface area contributed by atoms with Crippen LogP contribution in [0, 0.1) is 0 Å². The summed E-state index contributed by atoms with van der Waals surface area (Å²) in [5.41, 5.74) is 1.39. The summed E-state index contributed by atoms with van der Waals surface area (Å²) in [5.74, 6) is 0. The molecule has 0 amide bonds. The maximum Gasteiger partial charge on any atom is 0.0590 e. The smallest absolute Gasteiger partial charge is 0.0590 e. The molecule has 1 aromatic rings. The molecule has 0 aliphatic carbocycles. The average Bonchev–Trinajstić information content (AvgIpc) is 2.37. The zero-order valence-corrected chi connectivity index (χ0v) is 11.7. The number of ether oxygens (including phenoxy) is 1. The lowest BCUT2D eigenvalue weighted by Gasteiger charge is -2.10. The Kier molecular flexibility index (Phi) is 8.47.